The lowest BCUT2D eigenvalue weighted by Gasteiger charge is -2.27. The summed E-state index contributed by atoms with van der Waals surface area (Å²) in [5, 5.41) is 11.7. The van der Waals surface area contributed by atoms with Gasteiger partial charge in [0.25, 0.3) is 5.91 Å². The van der Waals surface area contributed by atoms with Gasteiger partial charge in [-0.2, -0.15) is 5.10 Å². The van der Waals surface area contributed by atoms with E-state index in [9.17, 15) is 9.59 Å². The summed E-state index contributed by atoms with van der Waals surface area (Å²) < 4.78 is 5.28. The van der Waals surface area contributed by atoms with Gasteiger partial charge in [0, 0.05) is 30.5 Å². The molecule has 0 spiro atoms. The molecule has 0 saturated carbocycles. The lowest BCUT2D eigenvalue weighted by molar-refractivity contribution is 0.0302. The summed E-state index contributed by atoms with van der Waals surface area (Å²) in [7, 11) is 0. The van der Waals surface area contributed by atoms with E-state index in [-0.39, 0.29) is 5.91 Å². The third kappa shape index (κ3) is 3.72. The molecule has 1 aliphatic heterocycles. The van der Waals surface area contributed by atoms with Crippen molar-refractivity contribution in [1.82, 2.24) is 15.1 Å². The molecule has 0 unspecified atom stereocenters. The van der Waals surface area contributed by atoms with E-state index in [1.165, 1.54) is 6.20 Å². The fraction of sp³-hybridized carbons (Fsp3) is 0.312. The van der Waals surface area contributed by atoms with Crippen LogP contribution in [0, 0.1) is 6.92 Å². The molecule has 2 aromatic rings. The molecule has 2 heterocycles. The Labute approximate surface area is 139 Å². The van der Waals surface area contributed by atoms with Gasteiger partial charge in [-0.25, -0.2) is 4.79 Å². The van der Waals surface area contributed by atoms with Crippen molar-refractivity contribution < 1.29 is 14.3 Å². The van der Waals surface area contributed by atoms with Crippen molar-refractivity contribution in [2.75, 3.05) is 36.9 Å². The van der Waals surface area contributed by atoms with Crippen LogP contribution in [0.25, 0.3) is 0 Å². The van der Waals surface area contributed by atoms with Crippen molar-refractivity contribution in [2.24, 2.45) is 0 Å². The zero-order valence-corrected chi connectivity index (χ0v) is 13.3. The number of aryl methyl sites for hydroxylation is 1. The summed E-state index contributed by atoms with van der Waals surface area (Å²) in [6, 6.07) is 4.88. The largest absolute Gasteiger partial charge is 0.378 e. The standard InChI is InChI=1S/C16H19N5O3/c1-11-2-3-12(19-16(23)20-13-9-17-18-10-13)8-14(11)15(22)21-4-6-24-7-5-21/h2-3,8-10H,4-7H2,1H3,(H,17,18)(H2,19,20,23). The molecule has 1 aromatic heterocycles. The van der Waals surface area contributed by atoms with Crippen LogP contribution in [-0.2, 0) is 4.74 Å². The second kappa shape index (κ2) is 7.14. The first-order valence-corrected chi connectivity index (χ1v) is 7.68. The number of morpholine rings is 1. The molecular formula is C16H19N5O3. The minimum atomic E-state index is -0.398. The molecule has 0 bridgehead atoms. The Kier molecular flexibility index (Phi) is 4.76. The molecule has 1 aromatic carbocycles. The minimum Gasteiger partial charge on any atom is -0.378 e. The van der Waals surface area contributed by atoms with Gasteiger partial charge in [-0.3, -0.25) is 9.89 Å². The molecule has 0 aliphatic carbocycles. The third-order valence-electron chi connectivity index (χ3n) is 3.78. The van der Waals surface area contributed by atoms with Crippen LogP contribution in [0.5, 0.6) is 0 Å². The first-order valence-electron chi connectivity index (χ1n) is 7.68. The fourth-order valence-corrected chi connectivity index (χ4v) is 2.48. The highest BCUT2D eigenvalue weighted by Gasteiger charge is 2.20. The van der Waals surface area contributed by atoms with Gasteiger partial charge in [0.15, 0.2) is 0 Å². The SMILES string of the molecule is Cc1ccc(NC(=O)Nc2cn[nH]c2)cc1C(=O)N1CCOCC1. The lowest BCUT2D eigenvalue weighted by Crippen LogP contribution is -2.41. The highest BCUT2D eigenvalue weighted by molar-refractivity contribution is 6.01. The van der Waals surface area contributed by atoms with Gasteiger partial charge in [-0.15, -0.1) is 0 Å². The number of anilines is 2. The van der Waals surface area contributed by atoms with Crippen LogP contribution in [0.15, 0.2) is 30.6 Å². The van der Waals surface area contributed by atoms with E-state index in [1.807, 2.05) is 13.0 Å². The van der Waals surface area contributed by atoms with Gasteiger partial charge in [-0.05, 0) is 24.6 Å². The van der Waals surface area contributed by atoms with Gasteiger partial charge in [0.1, 0.15) is 0 Å². The molecule has 0 radical (unpaired) electrons. The van der Waals surface area contributed by atoms with E-state index in [0.717, 1.165) is 5.56 Å². The highest BCUT2D eigenvalue weighted by atomic mass is 16.5. The third-order valence-corrected chi connectivity index (χ3v) is 3.78. The summed E-state index contributed by atoms with van der Waals surface area (Å²) in [6.45, 7) is 4.14. The average Bonchev–Trinajstić information content (AvgIpc) is 3.09. The lowest BCUT2D eigenvalue weighted by atomic mass is 10.1. The smallest absolute Gasteiger partial charge is 0.323 e. The summed E-state index contributed by atoms with van der Waals surface area (Å²) in [5.41, 5.74) is 2.56. The van der Waals surface area contributed by atoms with Crippen LogP contribution < -0.4 is 10.6 Å². The molecule has 126 valence electrons. The monoisotopic (exact) mass is 329 g/mol. The number of rotatable bonds is 3. The number of hydrogen-bond acceptors (Lipinski definition) is 4. The van der Waals surface area contributed by atoms with Crippen molar-refractivity contribution in [3.05, 3.63) is 41.7 Å². The number of benzene rings is 1. The van der Waals surface area contributed by atoms with E-state index >= 15 is 0 Å². The van der Waals surface area contributed by atoms with Crippen molar-refractivity contribution in [2.45, 2.75) is 6.92 Å². The molecule has 24 heavy (non-hydrogen) atoms. The Morgan fingerprint density at radius 2 is 1.96 bits per heavy atom. The van der Waals surface area contributed by atoms with E-state index in [1.54, 1.807) is 23.2 Å². The molecule has 3 N–H and O–H groups in total. The van der Waals surface area contributed by atoms with Crippen molar-refractivity contribution in [3.63, 3.8) is 0 Å². The molecule has 3 rings (SSSR count). The normalized spacial score (nSPS) is 14.3. The number of H-pyrrole nitrogens is 1. The molecule has 1 aliphatic rings. The number of hydrogen-bond donors (Lipinski definition) is 3. The number of urea groups is 1. The molecule has 0 atom stereocenters. The topological polar surface area (TPSA) is 99.3 Å². The van der Waals surface area contributed by atoms with E-state index < -0.39 is 6.03 Å². The first-order chi connectivity index (χ1) is 11.6. The van der Waals surface area contributed by atoms with Gasteiger partial charge in [-0.1, -0.05) is 6.07 Å². The summed E-state index contributed by atoms with van der Waals surface area (Å²) in [4.78, 5) is 26.4. The predicted octanol–water partition coefficient (Wildman–Crippen LogP) is 1.83. The van der Waals surface area contributed by atoms with Gasteiger partial charge >= 0.3 is 6.03 Å². The van der Waals surface area contributed by atoms with Gasteiger partial charge in [0.05, 0.1) is 25.1 Å². The number of nitrogens with one attached hydrogen (secondary N) is 3. The number of carbonyl (C=O) groups is 2. The minimum absolute atomic E-state index is 0.0466. The Balaban J connectivity index is 1.71. The Bertz CT molecular complexity index is 723. The number of ether oxygens (including phenoxy) is 1. The molecule has 1 saturated heterocycles. The average molecular weight is 329 g/mol. The number of aromatic nitrogens is 2. The summed E-state index contributed by atoms with van der Waals surface area (Å²) >= 11 is 0. The van der Waals surface area contributed by atoms with Crippen LogP contribution in [-0.4, -0.2) is 53.3 Å². The number of amides is 3. The van der Waals surface area contributed by atoms with Crippen LogP contribution in [0.1, 0.15) is 15.9 Å². The molecule has 8 nitrogen and oxygen atoms in total. The van der Waals surface area contributed by atoms with Crippen molar-refractivity contribution in [3.8, 4) is 0 Å². The van der Waals surface area contributed by atoms with Gasteiger partial charge < -0.3 is 20.3 Å². The van der Waals surface area contributed by atoms with Crippen LogP contribution >= 0.6 is 0 Å². The maximum absolute atomic E-state index is 12.6. The zero-order valence-electron chi connectivity index (χ0n) is 13.3. The second-order valence-electron chi connectivity index (χ2n) is 5.50. The van der Waals surface area contributed by atoms with E-state index in [4.69, 9.17) is 4.74 Å². The number of nitrogens with zero attached hydrogens (tertiary/aromatic N) is 2. The Morgan fingerprint density at radius 1 is 1.21 bits per heavy atom. The van der Waals surface area contributed by atoms with Gasteiger partial charge in [0.2, 0.25) is 0 Å². The van der Waals surface area contributed by atoms with Crippen molar-refractivity contribution in [1.29, 1.82) is 0 Å². The quantitative estimate of drug-likeness (QED) is 0.800. The Hall–Kier alpha value is -2.87. The fourth-order valence-electron chi connectivity index (χ4n) is 2.48. The summed E-state index contributed by atoms with van der Waals surface area (Å²) in [5.74, 6) is -0.0466. The maximum atomic E-state index is 12.6. The van der Waals surface area contributed by atoms with E-state index in [2.05, 4.69) is 20.8 Å². The number of carbonyl (C=O) groups excluding carboxylic acids is 2. The maximum Gasteiger partial charge on any atom is 0.323 e. The molecule has 1 fully saturated rings. The van der Waals surface area contributed by atoms with Crippen LogP contribution in [0.4, 0.5) is 16.2 Å². The number of aromatic amines is 1. The van der Waals surface area contributed by atoms with Crippen LogP contribution in [0.2, 0.25) is 0 Å². The van der Waals surface area contributed by atoms with Crippen LogP contribution in [0.3, 0.4) is 0 Å². The second-order valence-corrected chi connectivity index (χ2v) is 5.50. The zero-order chi connectivity index (χ0) is 16.9. The predicted molar refractivity (Wildman–Crippen MR) is 89.1 cm³/mol. The summed E-state index contributed by atoms with van der Waals surface area (Å²) in [6.07, 6.45) is 3.07. The highest BCUT2D eigenvalue weighted by Crippen LogP contribution is 2.18. The molecule has 8 heteroatoms. The van der Waals surface area contributed by atoms with Crippen molar-refractivity contribution >= 4 is 23.3 Å². The molecular weight excluding hydrogens is 310 g/mol. The molecule has 3 amide bonds. The first kappa shape index (κ1) is 16.0. The Morgan fingerprint density at radius 3 is 2.67 bits per heavy atom. The van der Waals surface area contributed by atoms with E-state index in [0.29, 0.717) is 43.2 Å².